The molecule has 0 radical (unpaired) electrons. The van der Waals surface area contributed by atoms with E-state index in [0.29, 0.717) is 25.2 Å². The van der Waals surface area contributed by atoms with Crippen LogP contribution < -0.4 is 5.32 Å². The Bertz CT molecular complexity index is 1060. The van der Waals surface area contributed by atoms with Crippen LogP contribution in [0.1, 0.15) is 22.8 Å². The van der Waals surface area contributed by atoms with Gasteiger partial charge >= 0.3 is 0 Å². The maximum Gasteiger partial charge on any atom is 0.289 e. The number of anilines is 1. The lowest BCUT2D eigenvalue weighted by Gasteiger charge is -2.27. The van der Waals surface area contributed by atoms with Gasteiger partial charge in [0.05, 0.1) is 33.7 Å². The summed E-state index contributed by atoms with van der Waals surface area (Å²) in [4.78, 5) is 12.9. The molecule has 2 aromatic rings. The Hall–Kier alpha value is -1.72. The highest BCUT2D eigenvalue weighted by Gasteiger charge is 2.29. The van der Waals surface area contributed by atoms with Gasteiger partial charge in [0.1, 0.15) is 0 Å². The average molecular weight is 491 g/mol. The molecule has 1 heterocycles. The zero-order valence-corrected chi connectivity index (χ0v) is 19.0. The van der Waals surface area contributed by atoms with E-state index in [1.54, 1.807) is 6.07 Å². The molecule has 1 fully saturated rings. The third-order valence-electron chi connectivity index (χ3n) is 4.72. The van der Waals surface area contributed by atoms with E-state index in [0.717, 1.165) is 0 Å². The van der Waals surface area contributed by atoms with E-state index in [9.17, 15) is 22.0 Å². The number of sulfonamides is 1. The van der Waals surface area contributed by atoms with Gasteiger partial charge in [-0.3, -0.25) is 4.79 Å². The number of alkyl halides is 2. The third kappa shape index (κ3) is 5.56. The topological polar surface area (TPSA) is 75.7 Å². The number of carbonyl (C=O) groups excluding carboxylic acids is 1. The highest BCUT2D eigenvalue weighted by atomic mass is 35.5. The summed E-state index contributed by atoms with van der Waals surface area (Å²) in [5.41, 5.74) is 0.803. The van der Waals surface area contributed by atoms with E-state index in [4.69, 9.17) is 16.3 Å². The highest BCUT2D eigenvalue weighted by Crippen LogP contribution is 2.38. The SMILES string of the molecule is CCc1ccc(C(=O)Nc2cccc(Cl)c2SC(F)F)cc1S(=O)(=O)N1CCOCC1. The molecule has 11 heteroatoms. The fourth-order valence-corrected chi connectivity index (χ4v) is 5.81. The first-order valence-electron chi connectivity index (χ1n) is 9.49. The van der Waals surface area contributed by atoms with Crippen LogP contribution in [0.15, 0.2) is 46.2 Å². The zero-order chi connectivity index (χ0) is 22.6. The standard InChI is InChI=1S/C20H21ClF2N2O4S2/c1-2-13-6-7-14(12-17(13)31(27,28)25-8-10-29-11-9-25)19(26)24-16-5-3-4-15(21)18(16)30-20(22)23/h3-7,12,20H,2,8-11H2,1H3,(H,24,26). The number of benzene rings is 2. The summed E-state index contributed by atoms with van der Waals surface area (Å²) in [5.74, 6) is -3.34. The summed E-state index contributed by atoms with van der Waals surface area (Å²) < 4.78 is 58.7. The van der Waals surface area contributed by atoms with Gasteiger partial charge in [-0.25, -0.2) is 8.42 Å². The minimum Gasteiger partial charge on any atom is -0.379 e. The maximum absolute atomic E-state index is 13.2. The van der Waals surface area contributed by atoms with Crippen LogP contribution in [0.25, 0.3) is 0 Å². The normalized spacial score (nSPS) is 15.3. The maximum atomic E-state index is 13.2. The first-order valence-corrected chi connectivity index (χ1v) is 12.2. The van der Waals surface area contributed by atoms with Crippen molar-refractivity contribution in [2.75, 3.05) is 31.6 Å². The molecule has 1 amide bonds. The summed E-state index contributed by atoms with van der Waals surface area (Å²) in [6.07, 6.45) is 0.463. The van der Waals surface area contributed by atoms with E-state index in [1.165, 1.54) is 34.6 Å². The molecule has 0 aliphatic carbocycles. The Morgan fingerprint density at radius 2 is 1.97 bits per heavy atom. The number of ether oxygens (including phenoxy) is 1. The Balaban J connectivity index is 1.93. The van der Waals surface area contributed by atoms with Crippen molar-refractivity contribution in [3.8, 4) is 0 Å². The lowest BCUT2D eigenvalue weighted by molar-refractivity contribution is 0.0730. The van der Waals surface area contributed by atoms with Crippen LogP contribution in [0.4, 0.5) is 14.5 Å². The molecule has 6 nitrogen and oxygen atoms in total. The van der Waals surface area contributed by atoms with E-state index in [2.05, 4.69) is 5.32 Å². The second kappa shape index (κ2) is 10.3. The molecule has 1 N–H and O–H groups in total. The first-order chi connectivity index (χ1) is 14.7. The molecule has 31 heavy (non-hydrogen) atoms. The molecule has 0 atom stereocenters. The Kier molecular flexibility index (Phi) is 7.92. The van der Waals surface area contributed by atoms with Crippen LogP contribution in [0.5, 0.6) is 0 Å². The van der Waals surface area contributed by atoms with Gasteiger partial charge in [0.15, 0.2) is 0 Å². The van der Waals surface area contributed by atoms with E-state index in [1.807, 2.05) is 6.92 Å². The van der Waals surface area contributed by atoms with Crippen LogP contribution in [0.3, 0.4) is 0 Å². The summed E-state index contributed by atoms with van der Waals surface area (Å²) in [6.45, 7) is 2.91. The van der Waals surface area contributed by atoms with E-state index in [-0.39, 0.29) is 50.9 Å². The number of morpholine rings is 1. The molecular weight excluding hydrogens is 470 g/mol. The summed E-state index contributed by atoms with van der Waals surface area (Å²) in [6, 6.07) is 8.86. The first kappa shape index (κ1) is 23.9. The largest absolute Gasteiger partial charge is 0.379 e. The van der Waals surface area contributed by atoms with Crippen LogP contribution >= 0.6 is 23.4 Å². The van der Waals surface area contributed by atoms with Gasteiger partial charge in [-0.15, -0.1) is 0 Å². The van der Waals surface area contributed by atoms with Gasteiger partial charge in [-0.1, -0.05) is 42.4 Å². The van der Waals surface area contributed by atoms with Crippen molar-refractivity contribution in [1.29, 1.82) is 0 Å². The van der Waals surface area contributed by atoms with Crippen molar-refractivity contribution in [2.45, 2.75) is 28.9 Å². The lowest BCUT2D eigenvalue weighted by atomic mass is 10.1. The van der Waals surface area contributed by atoms with Crippen molar-refractivity contribution in [3.05, 3.63) is 52.5 Å². The summed E-state index contributed by atoms with van der Waals surface area (Å²) in [5, 5.41) is 2.65. The van der Waals surface area contributed by atoms with Crippen molar-refractivity contribution >= 4 is 45.0 Å². The van der Waals surface area contributed by atoms with Crippen LogP contribution in [0, 0.1) is 0 Å². The summed E-state index contributed by atoms with van der Waals surface area (Å²) >= 11 is 6.24. The monoisotopic (exact) mass is 490 g/mol. The van der Waals surface area contributed by atoms with Crippen LogP contribution in [-0.2, 0) is 21.2 Å². The van der Waals surface area contributed by atoms with Crippen molar-refractivity contribution in [1.82, 2.24) is 4.31 Å². The number of nitrogens with zero attached hydrogens (tertiary/aromatic N) is 1. The minimum atomic E-state index is -3.82. The highest BCUT2D eigenvalue weighted by molar-refractivity contribution is 7.99. The number of rotatable bonds is 7. The Morgan fingerprint density at radius 1 is 1.26 bits per heavy atom. The molecule has 1 saturated heterocycles. The number of aryl methyl sites for hydroxylation is 1. The van der Waals surface area contributed by atoms with E-state index >= 15 is 0 Å². The molecule has 3 rings (SSSR count). The molecule has 1 aliphatic heterocycles. The molecule has 0 spiro atoms. The van der Waals surface area contributed by atoms with Crippen LogP contribution in [-0.4, -0.2) is 50.7 Å². The number of nitrogens with one attached hydrogen (secondary N) is 1. The summed E-state index contributed by atoms with van der Waals surface area (Å²) in [7, 11) is -3.82. The Labute approximate surface area is 189 Å². The minimum absolute atomic E-state index is 0.0406. The van der Waals surface area contributed by atoms with Gasteiger partial charge in [0.2, 0.25) is 10.0 Å². The predicted molar refractivity (Wildman–Crippen MR) is 117 cm³/mol. The van der Waals surface area contributed by atoms with Gasteiger partial charge < -0.3 is 10.1 Å². The van der Waals surface area contributed by atoms with Crippen molar-refractivity contribution in [3.63, 3.8) is 0 Å². The third-order valence-corrected chi connectivity index (χ3v) is 7.98. The predicted octanol–water partition coefficient (Wildman–Crippen LogP) is 4.49. The molecule has 0 bridgehead atoms. The van der Waals surface area contributed by atoms with Gasteiger partial charge in [-0.05, 0) is 36.2 Å². The van der Waals surface area contributed by atoms with Crippen molar-refractivity contribution < 1.29 is 26.7 Å². The number of halogens is 3. The molecule has 0 saturated carbocycles. The lowest BCUT2D eigenvalue weighted by Crippen LogP contribution is -2.41. The van der Waals surface area contributed by atoms with Crippen LogP contribution in [0.2, 0.25) is 5.02 Å². The smallest absolute Gasteiger partial charge is 0.289 e. The molecular formula is C20H21ClF2N2O4S2. The second-order valence-corrected chi connectivity index (χ2v) is 9.96. The fourth-order valence-electron chi connectivity index (χ4n) is 3.16. The number of carbonyl (C=O) groups is 1. The number of amides is 1. The van der Waals surface area contributed by atoms with Gasteiger partial charge in [0, 0.05) is 18.7 Å². The molecule has 168 valence electrons. The molecule has 1 aliphatic rings. The van der Waals surface area contributed by atoms with Gasteiger partial charge in [0.25, 0.3) is 11.7 Å². The second-order valence-electron chi connectivity index (χ2n) is 6.64. The fraction of sp³-hybridized carbons (Fsp3) is 0.350. The van der Waals surface area contributed by atoms with E-state index < -0.39 is 21.7 Å². The average Bonchev–Trinajstić information content (AvgIpc) is 2.76. The zero-order valence-electron chi connectivity index (χ0n) is 16.6. The number of hydrogen-bond acceptors (Lipinski definition) is 5. The molecule has 2 aromatic carbocycles. The quantitative estimate of drug-likeness (QED) is 0.579. The Morgan fingerprint density at radius 3 is 2.61 bits per heavy atom. The molecule has 0 aromatic heterocycles. The molecule has 0 unspecified atom stereocenters. The van der Waals surface area contributed by atoms with Crippen molar-refractivity contribution in [2.24, 2.45) is 0 Å². The number of thioether (sulfide) groups is 1. The number of hydrogen-bond donors (Lipinski definition) is 1. The van der Waals surface area contributed by atoms with Gasteiger partial charge in [-0.2, -0.15) is 13.1 Å².